The lowest BCUT2D eigenvalue weighted by Gasteiger charge is -2.21. The van der Waals surface area contributed by atoms with Crippen molar-refractivity contribution in [3.8, 4) is 0 Å². The number of ether oxygens (including phenoxy) is 1. The van der Waals surface area contributed by atoms with Crippen LogP contribution in [0.5, 0.6) is 0 Å². The van der Waals surface area contributed by atoms with E-state index in [9.17, 15) is 14.4 Å². The second-order valence-corrected chi connectivity index (χ2v) is 8.08. The van der Waals surface area contributed by atoms with E-state index in [4.69, 9.17) is 4.74 Å². The molecule has 2 atom stereocenters. The molecule has 0 aliphatic carbocycles. The maximum absolute atomic E-state index is 12.6. The molecule has 0 saturated carbocycles. The zero-order chi connectivity index (χ0) is 22.1. The molecule has 160 valence electrons. The Morgan fingerprint density at radius 3 is 2.40 bits per heavy atom. The van der Waals surface area contributed by atoms with Crippen molar-refractivity contribution < 1.29 is 19.1 Å². The van der Waals surface area contributed by atoms with E-state index < -0.39 is 24.4 Å². The molecule has 6 nitrogen and oxygen atoms in total. The van der Waals surface area contributed by atoms with Crippen LogP contribution < -0.4 is 10.6 Å². The normalized spacial score (nSPS) is 12.5. The van der Waals surface area contributed by atoms with E-state index in [1.807, 2.05) is 63.2 Å². The molecule has 0 unspecified atom stereocenters. The quantitative estimate of drug-likeness (QED) is 0.533. The molecule has 0 fully saturated rings. The zero-order valence-corrected chi connectivity index (χ0v) is 19.0. The van der Waals surface area contributed by atoms with Crippen LogP contribution in [0.25, 0.3) is 0 Å². The van der Waals surface area contributed by atoms with Gasteiger partial charge in [-0.15, -0.1) is 0 Å². The fourth-order valence-corrected chi connectivity index (χ4v) is 3.49. The smallest absolute Gasteiger partial charge is 0.314 e. The number of aryl methyl sites for hydroxylation is 1. The number of nitrogens with one attached hydrogen (secondary N) is 2. The fraction of sp³-hybridized carbons (Fsp3) is 0.348. The Morgan fingerprint density at radius 1 is 1.07 bits per heavy atom. The summed E-state index contributed by atoms with van der Waals surface area (Å²) >= 11 is 3.37. The third kappa shape index (κ3) is 6.99. The molecule has 2 aromatic carbocycles. The summed E-state index contributed by atoms with van der Waals surface area (Å²) in [5, 5.41) is 5.21. The number of carbonyl (C=O) groups is 3. The molecule has 2 amide bonds. The van der Waals surface area contributed by atoms with Crippen LogP contribution in [0.2, 0.25) is 0 Å². The second kappa shape index (κ2) is 11.5. The Morgan fingerprint density at radius 2 is 1.77 bits per heavy atom. The van der Waals surface area contributed by atoms with Crippen molar-refractivity contribution in [2.24, 2.45) is 5.92 Å². The molecule has 2 rings (SSSR count). The first-order valence-corrected chi connectivity index (χ1v) is 10.6. The number of esters is 1. The maximum atomic E-state index is 12.6. The highest BCUT2D eigenvalue weighted by atomic mass is 79.9. The summed E-state index contributed by atoms with van der Waals surface area (Å²) in [6, 6.07) is 14.9. The number of benzene rings is 2. The largest absolute Gasteiger partial charge is 0.455 e. The van der Waals surface area contributed by atoms with E-state index in [0.29, 0.717) is 5.69 Å². The van der Waals surface area contributed by atoms with Crippen molar-refractivity contribution in [2.45, 2.75) is 33.1 Å². The van der Waals surface area contributed by atoms with Crippen molar-refractivity contribution in [2.75, 3.05) is 18.5 Å². The molecule has 2 N–H and O–H groups in total. The molecule has 7 heteroatoms. The molecule has 30 heavy (non-hydrogen) atoms. The minimum Gasteiger partial charge on any atom is -0.455 e. The van der Waals surface area contributed by atoms with E-state index in [-0.39, 0.29) is 18.4 Å². The molecule has 0 aromatic heterocycles. The van der Waals surface area contributed by atoms with Gasteiger partial charge in [-0.3, -0.25) is 14.4 Å². The number of hydrogen-bond donors (Lipinski definition) is 2. The second-order valence-electron chi connectivity index (χ2n) is 7.17. The summed E-state index contributed by atoms with van der Waals surface area (Å²) in [4.78, 5) is 36.7. The lowest BCUT2D eigenvalue weighted by molar-refractivity contribution is -0.151. The lowest BCUT2D eigenvalue weighted by Crippen LogP contribution is -2.36. The van der Waals surface area contributed by atoms with Crippen molar-refractivity contribution in [3.63, 3.8) is 0 Å². The van der Waals surface area contributed by atoms with Crippen LogP contribution in [-0.4, -0.2) is 30.9 Å². The van der Waals surface area contributed by atoms with Gasteiger partial charge in [-0.1, -0.05) is 66.5 Å². The molecule has 2 aromatic rings. The van der Waals surface area contributed by atoms with E-state index in [1.54, 1.807) is 6.07 Å². The minimum atomic E-state index is -0.526. The summed E-state index contributed by atoms with van der Waals surface area (Å²) in [6.07, 6.45) is 0.802. The van der Waals surface area contributed by atoms with Gasteiger partial charge in [-0.2, -0.15) is 0 Å². The van der Waals surface area contributed by atoms with Crippen LogP contribution in [0.15, 0.2) is 53.0 Å². The van der Waals surface area contributed by atoms with Crippen LogP contribution in [0.4, 0.5) is 5.69 Å². The topological polar surface area (TPSA) is 84.5 Å². The molecular formula is C23H27BrN2O4. The highest BCUT2D eigenvalue weighted by Gasteiger charge is 2.27. The predicted octanol–water partition coefficient (Wildman–Crippen LogP) is 4.19. The number of amides is 2. The third-order valence-electron chi connectivity index (χ3n) is 4.88. The molecule has 0 aliphatic rings. The third-order valence-corrected chi connectivity index (χ3v) is 5.37. The number of halogens is 1. The summed E-state index contributed by atoms with van der Waals surface area (Å²) in [7, 11) is 0. The highest BCUT2D eigenvalue weighted by Crippen LogP contribution is 2.28. The van der Waals surface area contributed by atoms with E-state index in [2.05, 4.69) is 26.6 Å². The first kappa shape index (κ1) is 23.6. The predicted molar refractivity (Wildman–Crippen MR) is 120 cm³/mol. The van der Waals surface area contributed by atoms with E-state index >= 15 is 0 Å². The Balaban J connectivity index is 1.84. The highest BCUT2D eigenvalue weighted by molar-refractivity contribution is 9.10. The van der Waals surface area contributed by atoms with Crippen molar-refractivity contribution in [3.05, 3.63) is 64.1 Å². The van der Waals surface area contributed by atoms with E-state index in [1.165, 1.54) is 0 Å². The molecule has 0 spiro atoms. The Labute approximate surface area is 185 Å². The van der Waals surface area contributed by atoms with Crippen LogP contribution in [0.3, 0.4) is 0 Å². The van der Waals surface area contributed by atoms with Crippen molar-refractivity contribution in [1.29, 1.82) is 0 Å². The minimum absolute atomic E-state index is 0.0721. The number of hydrogen-bond acceptors (Lipinski definition) is 4. The monoisotopic (exact) mass is 474 g/mol. The van der Waals surface area contributed by atoms with Gasteiger partial charge in [0.1, 0.15) is 0 Å². The molecule has 0 saturated heterocycles. The van der Waals surface area contributed by atoms with E-state index in [0.717, 1.165) is 22.0 Å². The van der Waals surface area contributed by atoms with Crippen LogP contribution in [-0.2, 0) is 19.1 Å². The first-order chi connectivity index (χ1) is 14.3. The Hall–Kier alpha value is -2.67. The molecule has 0 bridgehead atoms. The van der Waals surface area contributed by atoms with Gasteiger partial charge in [0.15, 0.2) is 6.61 Å². The van der Waals surface area contributed by atoms with Gasteiger partial charge in [0.2, 0.25) is 5.91 Å². The Kier molecular flexibility index (Phi) is 9.05. The summed E-state index contributed by atoms with van der Waals surface area (Å²) in [5.41, 5.74) is 2.43. The average molecular weight is 475 g/mol. The average Bonchev–Trinajstić information content (AvgIpc) is 2.73. The zero-order valence-electron chi connectivity index (χ0n) is 17.4. The molecule has 0 aliphatic heterocycles. The number of rotatable bonds is 9. The SMILES string of the molecule is CC[C@@H](C)[C@H](C(=O)OCC(=O)NCC(=O)Nc1ccc(Br)cc1C)c1ccccc1. The molecule has 0 radical (unpaired) electrons. The standard InChI is InChI=1S/C23H27BrN2O4/c1-4-15(2)22(17-8-6-5-7-9-17)23(29)30-14-21(28)25-13-20(27)26-19-11-10-18(24)12-16(19)3/h5-12,15,22H,4,13-14H2,1-3H3,(H,25,28)(H,26,27)/t15-,22+/m1/s1. The van der Waals surface area contributed by atoms with Gasteiger partial charge < -0.3 is 15.4 Å². The van der Waals surface area contributed by atoms with Gasteiger partial charge in [0.25, 0.3) is 5.91 Å². The van der Waals surface area contributed by atoms with Crippen LogP contribution in [0, 0.1) is 12.8 Å². The van der Waals surface area contributed by atoms with Crippen molar-refractivity contribution >= 4 is 39.4 Å². The summed E-state index contributed by atoms with van der Waals surface area (Å²) < 4.78 is 6.15. The fourth-order valence-electron chi connectivity index (χ4n) is 3.01. The maximum Gasteiger partial charge on any atom is 0.314 e. The molecular weight excluding hydrogens is 448 g/mol. The summed E-state index contributed by atoms with van der Waals surface area (Å²) in [5.74, 6) is -1.69. The first-order valence-electron chi connectivity index (χ1n) is 9.86. The van der Waals surface area contributed by atoms with Crippen LogP contribution in [0.1, 0.15) is 37.3 Å². The summed E-state index contributed by atoms with van der Waals surface area (Å²) in [6.45, 7) is 5.22. The van der Waals surface area contributed by atoms with Gasteiger partial charge in [0, 0.05) is 10.2 Å². The van der Waals surface area contributed by atoms with Gasteiger partial charge >= 0.3 is 5.97 Å². The van der Waals surface area contributed by atoms with Crippen molar-refractivity contribution in [1.82, 2.24) is 5.32 Å². The number of anilines is 1. The van der Waals surface area contributed by atoms with Gasteiger partial charge in [-0.25, -0.2) is 0 Å². The number of carbonyl (C=O) groups excluding carboxylic acids is 3. The van der Waals surface area contributed by atoms with Crippen LogP contribution >= 0.6 is 15.9 Å². The molecule has 0 heterocycles. The van der Waals surface area contributed by atoms with Gasteiger partial charge in [-0.05, 0) is 42.2 Å². The lowest BCUT2D eigenvalue weighted by atomic mass is 9.86. The van der Waals surface area contributed by atoms with Gasteiger partial charge in [0.05, 0.1) is 12.5 Å². The Bertz CT molecular complexity index is 886.